The van der Waals surface area contributed by atoms with Gasteiger partial charge in [-0.25, -0.2) is 9.97 Å². The lowest BCUT2D eigenvalue weighted by atomic mass is 10.1. The highest BCUT2D eigenvalue weighted by Crippen LogP contribution is 2.25. The summed E-state index contributed by atoms with van der Waals surface area (Å²) in [6.45, 7) is 2.07. The summed E-state index contributed by atoms with van der Waals surface area (Å²) < 4.78 is 0. The summed E-state index contributed by atoms with van der Waals surface area (Å²) in [4.78, 5) is 8.80. The van der Waals surface area contributed by atoms with Gasteiger partial charge in [0, 0.05) is 11.8 Å². The zero-order valence-corrected chi connectivity index (χ0v) is 11.0. The Bertz CT molecular complexity index is 626. The molecule has 0 fully saturated rings. The first kappa shape index (κ1) is 11.9. The Hall–Kier alpha value is -1.61. The lowest BCUT2D eigenvalue weighted by Crippen LogP contribution is -1.92. The van der Waals surface area contributed by atoms with Gasteiger partial charge in [0.15, 0.2) is 5.16 Å². The summed E-state index contributed by atoms with van der Waals surface area (Å²) in [5.41, 5.74) is 3.27. The molecule has 0 aliphatic heterocycles. The van der Waals surface area contributed by atoms with Crippen molar-refractivity contribution in [1.29, 1.82) is 0 Å². The number of rotatable bonds is 2. The molecular weight excluding hydrogens is 228 g/mol. The Morgan fingerprint density at radius 1 is 1.06 bits per heavy atom. The molecule has 0 aliphatic carbocycles. The fraction of sp³-hybridized carbons (Fsp3) is 0.143. The molecule has 0 radical (unpaired) electrons. The number of nitrogens with zero attached hydrogens (tertiary/aromatic N) is 2. The summed E-state index contributed by atoms with van der Waals surface area (Å²) in [5, 5.41) is 0.746. The molecule has 0 saturated heterocycles. The van der Waals surface area contributed by atoms with Crippen LogP contribution in [0.5, 0.6) is 0 Å². The molecule has 1 heterocycles. The third-order valence-corrected chi connectivity index (χ3v) is 3.50. The van der Waals surface area contributed by atoms with E-state index in [2.05, 4.69) is 52.9 Å². The van der Waals surface area contributed by atoms with Gasteiger partial charge in [-0.05, 0) is 19.2 Å². The van der Waals surface area contributed by atoms with E-state index in [9.17, 15) is 0 Å². The second-order valence-electron chi connectivity index (χ2n) is 4.36. The number of benzene rings is 1. The minimum Gasteiger partial charge on any atom is -0.232 e. The third kappa shape index (κ3) is 2.74. The largest absolute Gasteiger partial charge is 0.232 e. The van der Waals surface area contributed by atoms with E-state index in [-0.39, 0.29) is 0 Å². The minimum atomic E-state index is -1.36. The van der Waals surface area contributed by atoms with Gasteiger partial charge < -0.3 is 0 Å². The highest BCUT2D eigenvalue weighted by Gasteiger charge is 2.03. The summed E-state index contributed by atoms with van der Waals surface area (Å²) in [5.74, 6) is 8.07. The second-order valence-corrected chi connectivity index (χ2v) is 7.28. The van der Waals surface area contributed by atoms with E-state index < -0.39 is 9.21 Å². The molecule has 0 unspecified atom stereocenters. The average Bonchev–Trinajstić information content (AvgIpc) is 2.29. The Morgan fingerprint density at radius 3 is 2.29 bits per heavy atom. The van der Waals surface area contributed by atoms with Crippen LogP contribution in [0.15, 0.2) is 41.7 Å². The van der Waals surface area contributed by atoms with Gasteiger partial charge in [-0.2, -0.15) is 9.21 Å². The normalized spacial score (nSPS) is 11.4. The average molecular weight is 244 g/mol. The van der Waals surface area contributed by atoms with Crippen molar-refractivity contribution >= 4 is 20.9 Å². The number of hydrogen-bond acceptors (Lipinski definition) is 2. The molecule has 3 heteroatoms. The lowest BCUT2D eigenvalue weighted by Gasteiger charge is -2.08. The molecule has 0 bridgehead atoms. The Kier molecular flexibility index (Phi) is 3.03. The number of aromatic nitrogens is 2. The summed E-state index contributed by atoms with van der Waals surface area (Å²) in [7, 11) is -1.36. The molecule has 2 rings (SSSR count). The van der Waals surface area contributed by atoms with Crippen LogP contribution in [-0.4, -0.2) is 28.0 Å². The number of aryl methyl sites for hydroxylation is 1. The Labute approximate surface area is 103 Å². The van der Waals surface area contributed by atoms with Crippen molar-refractivity contribution in [1.82, 2.24) is 9.97 Å². The molecule has 1 aromatic heterocycles. The lowest BCUT2D eigenvalue weighted by molar-refractivity contribution is 0.974. The van der Waals surface area contributed by atoms with E-state index in [1.807, 2.05) is 12.3 Å². The molecule has 0 N–H and O–H groups in total. The standard InChI is InChI=1S/C14H16N2S/c1-11-5-7-12(8-6-11)13-9-10-15-14(16-13)17(2,3)4/h5-10H,2-3H2,1,4H3. The minimum absolute atomic E-state index is 0.746. The summed E-state index contributed by atoms with van der Waals surface area (Å²) >= 11 is 0. The van der Waals surface area contributed by atoms with E-state index in [4.69, 9.17) is 0 Å². The van der Waals surface area contributed by atoms with Gasteiger partial charge >= 0.3 is 0 Å². The molecular formula is C14H16N2S. The maximum Gasteiger partial charge on any atom is 0.176 e. The molecule has 0 atom stereocenters. The van der Waals surface area contributed by atoms with Gasteiger partial charge in [0.1, 0.15) is 0 Å². The van der Waals surface area contributed by atoms with Crippen LogP contribution in [0.25, 0.3) is 11.3 Å². The van der Waals surface area contributed by atoms with Crippen LogP contribution in [-0.2, 0) is 0 Å². The predicted molar refractivity (Wildman–Crippen MR) is 78.2 cm³/mol. The van der Waals surface area contributed by atoms with Crippen molar-refractivity contribution in [2.24, 2.45) is 0 Å². The SMILES string of the molecule is C=S(=C)(C)c1nccc(-c2ccc(C)cc2)n1. The quantitative estimate of drug-likeness (QED) is 0.599. The molecule has 0 saturated carbocycles. The topological polar surface area (TPSA) is 25.8 Å². The van der Waals surface area contributed by atoms with E-state index in [0.29, 0.717) is 0 Å². The fourth-order valence-corrected chi connectivity index (χ4v) is 2.10. The van der Waals surface area contributed by atoms with Gasteiger partial charge in [-0.1, -0.05) is 41.6 Å². The van der Waals surface area contributed by atoms with Crippen molar-refractivity contribution in [3.8, 4) is 11.3 Å². The molecule has 2 nitrogen and oxygen atoms in total. The van der Waals surface area contributed by atoms with Crippen LogP contribution in [0.3, 0.4) is 0 Å². The Balaban J connectivity index is 2.50. The molecule has 2 aromatic rings. The maximum absolute atomic E-state index is 4.54. The van der Waals surface area contributed by atoms with Crippen molar-refractivity contribution < 1.29 is 0 Å². The first-order valence-electron chi connectivity index (χ1n) is 5.31. The van der Waals surface area contributed by atoms with Crippen LogP contribution >= 0.6 is 9.21 Å². The Morgan fingerprint density at radius 2 is 1.71 bits per heavy atom. The predicted octanol–water partition coefficient (Wildman–Crippen LogP) is 3.11. The van der Waals surface area contributed by atoms with Crippen LogP contribution in [0.2, 0.25) is 0 Å². The first-order valence-corrected chi connectivity index (χ1v) is 7.69. The zero-order chi connectivity index (χ0) is 12.5. The van der Waals surface area contributed by atoms with Gasteiger partial charge in [0.2, 0.25) is 0 Å². The van der Waals surface area contributed by atoms with Crippen molar-refractivity contribution in [3.05, 3.63) is 42.1 Å². The molecule has 0 aliphatic rings. The summed E-state index contributed by atoms with van der Waals surface area (Å²) in [6.07, 6.45) is 3.76. The maximum atomic E-state index is 4.54. The number of hydrogen-bond donors (Lipinski definition) is 0. The zero-order valence-electron chi connectivity index (χ0n) is 10.2. The van der Waals surface area contributed by atoms with Crippen molar-refractivity contribution in [2.75, 3.05) is 6.26 Å². The van der Waals surface area contributed by atoms with E-state index in [0.717, 1.165) is 16.4 Å². The van der Waals surface area contributed by atoms with Crippen LogP contribution in [0.1, 0.15) is 5.56 Å². The van der Waals surface area contributed by atoms with Crippen LogP contribution in [0, 0.1) is 6.92 Å². The second kappa shape index (κ2) is 4.34. The van der Waals surface area contributed by atoms with E-state index >= 15 is 0 Å². The van der Waals surface area contributed by atoms with Gasteiger partial charge in [-0.15, -0.1) is 0 Å². The van der Waals surface area contributed by atoms with Gasteiger partial charge in [0.25, 0.3) is 0 Å². The van der Waals surface area contributed by atoms with Crippen LogP contribution < -0.4 is 0 Å². The van der Waals surface area contributed by atoms with Crippen molar-refractivity contribution in [3.63, 3.8) is 0 Å². The molecule has 17 heavy (non-hydrogen) atoms. The first-order chi connectivity index (χ1) is 7.97. The van der Waals surface area contributed by atoms with E-state index in [1.165, 1.54) is 5.56 Å². The smallest absolute Gasteiger partial charge is 0.176 e. The fourth-order valence-electron chi connectivity index (χ4n) is 1.46. The highest BCUT2D eigenvalue weighted by molar-refractivity contribution is 8.27. The van der Waals surface area contributed by atoms with Crippen LogP contribution in [0.4, 0.5) is 0 Å². The molecule has 0 spiro atoms. The highest BCUT2D eigenvalue weighted by atomic mass is 32.2. The van der Waals surface area contributed by atoms with Gasteiger partial charge in [-0.3, -0.25) is 0 Å². The third-order valence-electron chi connectivity index (χ3n) is 2.42. The summed E-state index contributed by atoms with van der Waals surface area (Å²) in [6, 6.07) is 10.2. The van der Waals surface area contributed by atoms with Gasteiger partial charge in [0.05, 0.1) is 5.69 Å². The van der Waals surface area contributed by atoms with Crippen molar-refractivity contribution in [2.45, 2.75) is 12.1 Å². The monoisotopic (exact) mass is 244 g/mol. The molecule has 1 aromatic carbocycles. The molecule has 88 valence electrons. The molecule has 0 amide bonds. The van der Waals surface area contributed by atoms with E-state index in [1.54, 1.807) is 6.20 Å².